The zero-order valence-corrected chi connectivity index (χ0v) is 19.8. The fourth-order valence-electron chi connectivity index (χ4n) is 3.53. The zero-order valence-electron chi connectivity index (χ0n) is 18.2. The third kappa shape index (κ3) is 6.05. The van der Waals surface area contributed by atoms with Crippen molar-refractivity contribution in [2.24, 2.45) is 0 Å². The highest BCUT2D eigenvalue weighted by Gasteiger charge is 2.14. The highest BCUT2D eigenvalue weighted by Crippen LogP contribution is 2.19. The molecule has 0 radical (unpaired) electrons. The first kappa shape index (κ1) is 23.6. The molecular weight excluding hydrogens is 466 g/mol. The van der Waals surface area contributed by atoms with Crippen molar-refractivity contribution in [2.45, 2.75) is 17.9 Å². The van der Waals surface area contributed by atoms with Gasteiger partial charge in [-0.15, -0.1) is 0 Å². The van der Waals surface area contributed by atoms with E-state index in [2.05, 4.69) is 15.4 Å². The first-order chi connectivity index (χ1) is 16.4. The quantitative estimate of drug-likeness (QED) is 0.336. The number of carbonyl (C=O) groups excluding carboxylic acids is 1. The van der Waals surface area contributed by atoms with Gasteiger partial charge in [0.15, 0.2) is 5.11 Å². The second-order valence-corrected chi connectivity index (χ2v) is 9.83. The first-order valence-corrected chi connectivity index (χ1v) is 12.5. The van der Waals surface area contributed by atoms with Crippen molar-refractivity contribution in [1.82, 2.24) is 10.0 Å². The van der Waals surface area contributed by atoms with Crippen molar-refractivity contribution in [2.75, 3.05) is 5.32 Å². The Morgan fingerprint density at radius 2 is 1.47 bits per heavy atom. The molecule has 0 aliphatic heterocycles. The first-order valence-electron chi connectivity index (χ1n) is 10.6. The molecular formula is C26H23N3O3S2. The van der Waals surface area contributed by atoms with Crippen LogP contribution in [0.4, 0.5) is 5.69 Å². The van der Waals surface area contributed by atoms with Crippen LogP contribution in [-0.4, -0.2) is 19.4 Å². The number of hydrogen-bond acceptors (Lipinski definition) is 4. The van der Waals surface area contributed by atoms with E-state index < -0.39 is 10.0 Å². The third-order valence-corrected chi connectivity index (χ3v) is 6.84. The van der Waals surface area contributed by atoms with Gasteiger partial charge in [0, 0.05) is 12.2 Å². The van der Waals surface area contributed by atoms with E-state index >= 15 is 0 Å². The molecule has 0 bridgehead atoms. The SMILES string of the molecule is O=C(Cc1cccc2ccccc12)NC(=S)Nc1ccc(S(=O)(=O)NCc2ccccc2)cc1. The second kappa shape index (κ2) is 10.6. The van der Waals surface area contributed by atoms with E-state index in [1.807, 2.05) is 72.8 Å². The number of anilines is 1. The van der Waals surface area contributed by atoms with Gasteiger partial charge in [0.25, 0.3) is 0 Å². The minimum atomic E-state index is -3.66. The van der Waals surface area contributed by atoms with Gasteiger partial charge in [-0.1, -0.05) is 72.8 Å². The molecule has 3 N–H and O–H groups in total. The molecule has 6 nitrogen and oxygen atoms in total. The lowest BCUT2D eigenvalue weighted by Gasteiger charge is -2.12. The summed E-state index contributed by atoms with van der Waals surface area (Å²) < 4.78 is 27.7. The Balaban J connectivity index is 1.33. The second-order valence-electron chi connectivity index (χ2n) is 7.65. The molecule has 0 atom stereocenters. The van der Waals surface area contributed by atoms with Crippen molar-refractivity contribution in [3.63, 3.8) is 0 Å². The van der Waals surface area contributed by atoms with Crippen LogP contribution in [0.1, 0.15) is 11.1 Å². The summed E-state index contributed by atoms with van der Waals surface area (Å²) in [7, 11) is -3.66. The third-order valence-electron chi connectivity index (χ3n) is 5.22. The average Bonchev–Trinajstić information content (AvgIpc) is 2.84. The van der Waals surface area contributed by atoms with Crippen LogP contribution in [0.25, 0.3) is 10.8 Å². The van der Waals surface area contributed by atoms with Gasteiger partial charge >= 0.3 is 0 Å². The summed E-state index contributed by atoms with van der Waals surface area (Å²) in [5, 5.41) is 7.83. The molecule has 0 spiro atoms. The van der Waals surface area contributed by atoms with E-state index in [0.717, 1.165) is 21.9 Å². The maximum Gasteiger partial charge on any atom is 0.240 e. The Bertz CT molecular complexity index is 1420. The molecule has 4 rings (SSSR count). The summed E-state index contributed by atoms with van der Waals surface area (Å²) in [5.41, 5.74) is 2.35. The summed E-state index contributed by atoms with van der Waals surface area (Å²) in [6, 6.07) is 29.2. The van der Waals surface area contributed by atoms with Crippen LogP contribution in [0.5, 0.6) is 0 Å². The maximum absolute atomic E-state index is 12.5. The minimum Gasteiger partial charge on any atom is -0.332 e. The molecule has 172 valence electrons. The number of sulfonamides is 1. The van der Waals surface area contributed by atoms with Crippen LogP contribution < -0.4 is 15.4 Å². The predicted octanol–water partition coefficient (Wildman–Crippen LogP) is 4.37. The Morgan fingerprint density at radius 1 is 0.794 bits per heavy atom. The van der Waals surface area contributed by atoms with E-state index in [1.165, 1.54) is 12.1 Å². The Morgan fingerprint density at radius 3 is 2.24 bits per heavy atom. The van der Waals surface area contributed by atoms with Gasteiger partial charge in [0.2, 0.25) is 15.9 Å². The van der Waals surface area contributed by atoms with Crippen LogP contribution in [-0.2, 0) is 27.8 Å². The number of carbonyl (C=O) groups is 1. The fraction of sp³-hybridized carbons (Fsp3) is 0.0769. The maximum atomic E-state index is 12.5. The normalized spacial score (nSPS) is 11.2. The summed E-state index contributed by atoms with van der Waals surface area (Å²) in [5.74, 6) is -0.238. The van der Waals surface area contributed by atoms with Crippen molar-refractivity contribution in [3.05, 3.63) is 108 Å². The molecule has 8 heteroatoms. The van der Waals surface area contributed by atoms with Crippen LogP contribution in [0.2, 0.25) is 0 Å². The van der Waals surface area contributed by atoms with Crippen molar-refractivity contribution < 1.29 is 13.2 Å². The largest absolute Gasteiger partial charge is 0.332 e. The van der Waals surface area contributed by atoms with Crippen molar-refractivity contribution in [1.29, 1.82) is 0 Å². The molecule has 0 heterocycles. The van der Waals surface area contributed by atoms with E-state index in [1.54, 1.807) is 12.1 Å². The van der Waals surface area contributed by atoms with E-state index in [-0.39, 0.29) is 28.9 Å². The molecule has 4 aromatic rings. The standard InChI is InChI=1S/C26H23N3O3S2/c30-25(17-21-11-6-10-20-9-4-5-12-24(20)21)29-26(33)28-22-13-15-23(16-14-22)34(31,32)27-18-19-7-2-1-3-8-19/h1-16,27H,17-18H2,(H2,28,29,30,33). The van der Waals surface area contributed by atoms with Gasteiger partial charge < -0.3 is 10.6 Å². The fourth-order valence-corrected chi connectivity index (χ4v) is 4.78. The summed E-state index contributed by atoms with van der Waals surface area (Å²) in [4.78, 5) is 12.6. The molecule has 0 fully saturated rings. The van der Waals surface area contributed by atoms with Gasteiger partial charge in [0.05, 0.1) is 11.3 Å². The van der Waals surface area contributed by atoms with Gasteiger partial charge in [-0.25, -0.2) is 13.1 Å². The molecule has 34 heavy (non-hydrogen) atoms. The smallest absolute Gasteiger partial charge is 0.240 e. The minimum absolute atomic E-state index is 0.139. The number of rotatable bonds is 7. The van der Waals surface area contributed by atoms with Crippen LogP contribution in [0.3, 0.4) is 0 Å². The van der Waals surface area contributed by atoms with Gasteiger partial charge in [-0.2, -0.15) is 0 Å². The van der Waals surface area contributed by atoms with E-state index in [4.69, 9.17) is 12.2 Å². The molecule has 0 aliphatic carbocycles. The van der Waals surface area contributed by atoms with Crippen LogP contribution in [0.15, 0.2) is 102 Å². The lowest BCUT2D eigenvalue weighted by molar-refractivity contribution is -0.119. The van der Waals surface area contributed by atoms with E-state index in [9.17, 15) is 13.2 Å². The van der Waals surface area contributed by atoms with Crippen LogP contribution in [0, 0.1) is 0 Å². The number of amides is 1. The predicted molar refractivity (Wildman–Crippen MR) is 139 cm³/mol. The summed E-state index contributed by atoms with van der Waals surface area (Å²) >= 11 is 5.25. The number of hydrogen-bond donors (Lipinski definition) is 3. The molecule has 0 saturated heterocycles. The highest BCUT2D eigenvalue weighted by molar-refractivity contribution is 7.89. The van der Waals surface area contributed by atoms with Gasteiger partial charge in [-0.05, 0) is 58.4 Å². The van der Waals surface area contributed by atoms with Crippen molar-refractivity contribution in [3.8, 4) is 0 Å². The summed E-state index contributed by atoms with van der Waals surface area (Å²) in [6.07, 6.45) is 0.188. The van der Waals surface area contributed by atoms with Gasteiger partial charge in [0.1, 0.15) is 0 Å². The van der Waals surface area contributed by atoms with Gasteiger partial charge in [-0.3, -0.25) is 4.79 Å². The van der Waals surface area contributed by atoms with Crippen molar-refractivity contribution >= 4 is 49.7 Å². The monoisotopic (exact) mass is 489 g/mol. The lowest BCUT2D eigenvalue weighted by atomic mass is 10.0. The Labute approximate surface area is 204 Å². The molecule has 0 aromatic heterocycles. The molecule has 0 saturated carbocycles. The molecule has 4 aromatic carbocycles. The number of nitrogens with one attached hydrogen (secondary N) is 3. The Hall–Kier alpha value is -3.59. The topological polar surface area (TPSA) is 87.3 Å². The number of thiocarbonyl (C=S) groups is 1. The molecule has 0 aliphatic rings. The molecule has 0 unspecified atom stereocenters. The average molecular weight is 490 g/mol. The lowest BCUT2D eigenvalue weighted by Crippen LogP contribution is -2.35. The molecule has 1 amide bonds. The number of benzene rings is 4. The van der Waals surface area contributed by atoms with E-state index in [0.29, 0.717) is 5.69 Å². The Kier molecular flexibility index (Phi) is 7.32. The number of fused-ring (bicyclic) bond motifs is 1. The zero-order chi connectivity index (χ0) is 24.0. The summed E-state index contributed by atoms with van der Waals surface area (Å²) in [6.45, 7) is 0.204. The highest BCUT2D eigenvalue weighted by atomic mass is 32.2. The van der Waals surface area contributed by atoms with Crippen LogP contribution >= 0.6 is 12.2 Å².